The predicted molar refractivity (Wildman–Crippen MR) is 152 cm³/mol. The third-order valence-electron chi connectivity index (χ3n) is 5.49. The lowest BCUT2D eigenvalue weighted by Crippen LogP contribution is -1.97. The van der Waals surface area contributed by atoms with Gasteiger partial charge in [-0.15, -0.1) is 0 Å². The number of allylic oxidation sites excluding steroid dienone is 6. The van der Waals surface area contributed by atoms with Crippen LogP contribution in [0.3, 0.4) is 0 Å². The highest BCUT2D eigenvalue weighted by Gasteiger charge is 2.15. The first kappa shape index (κ1) is 24.5. The number of hydrogen-bond donors (Lipinski definition) is 0. The molecule has 0 radical (unpaired) electrons. The van der Waals surface area contributed by atoms with Crippen molar-refractivity contribution in [2.45, 2.75) is 20.8 Å². The molecular formula is C33H33N. The van der Waals surface area contributed by atoms with E-state index >= 15 is 0 Å². The van der Waals surface area contributed by atoms with Gasteiger partial charge in [0.1, 0.15) is 0 Å². The lowest BCUT2D eigenvalue weighted by molar-refractivity contribution is 1.10. The minimum atomic E-state index is 1.16. The Morgan fingerprint density at radius 2 is 1.50 bits per heavy atom. The molecule has 4 aromatic rings. The van der Waals surface area contributed by atoms with Crippen LogP contribution in [0.5, 0.6) is 0 Å². The predicted octanol–water partition coefficient (Wildman–Crippen LogP) is 9.59. The number of rotatable bonds is 6. The highest BCUT2D eigenvalue weighted by molar-refractivity contribution is 5.95. The molecule has 0 spiro atoms. The molecule has 1 nitrogen and oxygen atoms in total. The summed E-state index contributed by atoms with van der Waals surface area (Å²) in [5, 5.41) is 1.23. The maximum atomic E-state index is 4.07. The second-order valence-electron chi connectivity index (χ2n) is 7.92. The Labute approximate surface area is 204 Å². The van der Waals surface area contributed by atoms with Gasteiger partial charge in [-0.3, -0.25) is 0 Å². The molecule has 0 saturated heterocycles. The van der Waals surface area contributed by atoms with E-state index in [1.165, 1.54) is 38.9 Å². The van der Waals surface area contributed by atoms with Crippen molar-refractivity contribution in [3.63, 3.8) is 0 Å². The molecule has 4 rings (SSSR count). The summed E-state index contributed by atoms with van der Waals surface area (Å²) in [6, 6.07) is 25.9. The standard InChI is InChI=1S/C26H23N.C7H10/c1-4-10-25-23(5-2)24-16-15-19(3)17-26(24)27(25)22-14-9-13-21(18-22)20-11-7-6-8-12-20;1-3-5-7-6-4-2/h4-18H,2H2,1,3H3;3-7H,1H2,2H3/b10-4-;6-4-,7-5-. The molecule has 0 N–H and O–H groups in total. The molecule has 0 fully saturated rings. The van der Waals surface area contributed by atoms with Crippen molar-refractivity contribution in [3.05, 3.63) is 139 Å². The zero-order valence-electron chi connectivity index (χ0n) is 20.4. The second-order valence-corrected chi connectivity index (χ2v) is 7.92. The minimum absolute atomic E-state index is 1.16. The summed E-state index contributed by atoms with van der Waals surface area (Å²) in [6.07, 6.45) is 15.7. The van der Waals surface area contributed by atoms with Crippen LogP contribution in [0.1, 0.15) is 30.7 Å². The largest absolute Gasteiger partial charge is 0.309 e. The van der Waals surface area contributed by atoms with Crippen LogP contribution in [0.15, 0.2) is 122 Å². The van der Waals surface area contributed by atoms with Crippen LogP contribution in [0.4, 0.5) is 0 Å². The quantitative estimate of drug-likeness (QED) is 0.261. The molecule has 34 heavy (non-hydrogen) atoms. The molecule has 1 aromatic heterocycles. The van der Waals surface area contributed by atoms with Gasteiger partial charge in [-0.2, -0.15) is 0 Å². The molecule has 1 heterocycles. The molecule has 0 aliphatic carbocycles. The van der Waals surface area contributed by atoms with Crippen LogP contribution in [0.25, 0.3) is 39.9 Å². The molecule has 1 heteroatoms. The van der Waals surface area contributed by atoms with Crippen LogP contribution in [0, 0.1) is 6.92 Å². The van der Waals surface area contributed by atoms with Gasteiger partial charge in [-0.1, -0.05) is 110 Å². The van der Waals surface area contributed by atoms with Crippen LogP contribution in [0.2, 0.25) is 0 Å². The molecule has 0 atom stereocenters. The summed E-state index contributed by atoms with van der Waals surface area (Å²) in [5.74, 6) is 0. The number of nitrogens with zero attached hydrogens (tertiary/aromatic N) is 1. The molecular weight excluding hydrogens is 410 g/mol. The van der Waals surface area contributed by atoms with Gasteiger partial charge in [0.25, 0.3) is 0 Å². The van der Waals surface area contributed by atoms with Crippen LogP contribution in [-0.2, 0) is 0 Å². The summed E-state index contributed by atoms with van der Waals surface area (Å²) in [6.45, 7) is 13.8. The van der Waals surface area contributed by atoms with Gasteiger partial charge in [-0.25, -0.2) is 0 Å². The van der Waals surface area contributed by atoms with Gasteiger partial charge >= 0.3 is 0 Å². The Morgan fingerprint density at radius 3 is 2.18 bits per heavy atom. The molecule has 0 aliphatic heterocycles. The molecule has 3 aromatic carbocycles. The molecule has 0 aliphatic rings. The van der Waals surface area contributed by atoms with Crippen LogP contribution < -0.4 is 0 Å². The first-order chi connectivity index (χ1) is 16.6. The fourth-order valence-electron chi connectivity index (χ4n) is 3.97. The highest BCUT2D eigenvalue weighted by atomic mass is 15.0. The number of fused-ring (bicyclic) bond motifs is 1. The lowest BCUT2D eigenvalue weighted by atomic mass is 10.1. The van der Waals surface area contributed by atoms with Gasteiger partial charge in [0.15, 0.2) is 0 Å². The van der Waals surface area contributed by atoms with Crippen molar-refractivity contribution in [3.8, 4) is 16.8 Å². The van der Waals surface area contributed by atoms with Crippen molar-refractivity contribution in [2.24, 2.45) is 0 Å². The molecule has 0 unspecified atom stereocenters. The topological polar surface area (TPSA) is 4.93 Å². The zero-order valence-corrected chi connectivity index (χ0v) is 20.4. The van der Waals surface area contributed by atoms with Crippen molar-refractivity contribution in [2.75, 3.05) is 0 Å². The number of aromatic nitrogens is 1. The number of aryl methyl sites for hydroxylation is 1. The Balaban J connectivity index is 0.000000406. The SMILES string of the molecule is C=C/C=C\C=C/C.C=Cc1c(/C=C\C)n(-c2cccc(-c3ccccc3)c2)c2cc(C)ccc12. The van der Waals surface area contributed by atoms with Crippen LogP contribution >= 0.6 is 0 Å². The average molecular weight is 444 g/mol. The van der Waals surface area contributed by atoms with E-state index in [2.05, 4.69) is 117 Å². The lowest BCUT2D eigenvalue weighted by Gasteiger charge is -2.12. The van der Waals surface area contributed by atoms with Crippen molar-refractivity contribution in [1.29, 1.82) is 0 Å². The van der Waals surface area contributed by atoms with E-state index in [1.54, 1.807) is 6.08 Å². The summed E-state index contributed by atoms with van der Waals surface area (Å²) in [7, 11) is 0. The van der Waals surface area contributed by atoms with E-state index < -0.39 is 0 Å². The van der Waals surface area contributed by atoms with Gasteiger partial charge in [0.2, 0.25) is 0 Å². The summed E-state index contributed by atoms with van der Waals surface area (Å²) < 4.78 is 2.34. The smallest absolute Gasteiger partial charge is 0.0543 e. The summed E-state index contributed by atoms with van der Waals surface area (Å²) in [4.78, 5) is 0. The van der Waals surface area contributed by atoms with Crippen molar-refractivity contribution >= 4 is 23.1 Å². The second kappa shape index (κ2) is 12.2. The normalized spacial score (nSPS) is 11.3. The Morgan fingerprint density at radius 1 is 0.735 bits per heavy atom. The van der Waals surface area contributed by atoms with Gasteiger partial charge in [0.05, 0.1) is 11.2 Å². The van der Waals surface area contributed by atoms with E-state index in [0.717, 1.165) is 5.69 Å². The fourth-order valence-corrected chi connectivity index (χ4v) is 3.97. The average Bonchev–Trinajstić information content (AvgIpc) is 3.17. The minimum Gasteiger partial charge on any atom is -0.309 e. The third kappa shape index (κ3) is 5.63. The van der Waals surface area contributed by atoms with E-state index in [0.29, 0.717) is 0 Å². The summed E-state index contributed by atoms with van der Waals surface area (Å²) >= 11 is 0. The van der Waals surface area contributed by atoms with E-state index in [4.69, 9.17) is 0 Å². The Kier molecular flexibility index (Phi) is 8.82. The van der Waals surface area contributed by atoms with Crippen molar-refractivity contribution < 1.29 is 0 Å². The third-order valence-corrected chi connectivity index (χ3v) is 5.49. The fraction of sp³-hybridized carbons (Fsp3) is 0.0909. The van der Waals surface area contributed by atoms with Crippen molar-refractivity contribution in [1.82, 2.24) is 4.57 Å². The molecule has 0 saturated carbocycles. The first-order valence-electron chi connectivity index (χ1n) is 11.6. The molecule has 170 valence electrons. The highest BCUT2D eigenvalue weighted by Crippen LogP contribution is 2.33. The number of benzene rings is 3. The van der Waals surface area contributed by atoms with Gasteiger partial charge in [0, 0.05) is 16.6 Å². The first-order valence-corrected chi connectivity index (χ1v) is 11.6. The maximum absolute atomic E-state index is 4.07. The maximum Gasteiger partial charge on any atom is 0.0543 e. The van der Waals surface area contributed by atoms with Gasteiger partial charge in [-0.05, 0) is 61.7 Å². The van der Waals surface area contributed by atoms with E-state index in [-0.39, 0.29) is 0 Å². The number of hydrogen-bond acceptors (Lipinski definition) is 0. The zero-order chi connectivity index (χ0) is 24.3. The van der Waals surface area contributed by atoms with E-state index in [1.807, 2.05) is 37.3 Å². The van der Waals surface area contributed by atoms with Gasteiger partial charge < -0.3 is 4.57 Å². The molecule has 0 amide bonds. The Hall–Kier alpha value is -4.10. The summed E-state index contributed by atoms with van der Waals surface area (Å²) in [5.41, 5.74) is 8.41. The molecule has 0 bridgehead atoms. The van der Waals surface area contributed by atoms with Crippen LogP contribution in [-0.4, -0.2) is 4.57 Å². The Bertz CT molecular complexity index is 1340. The monoisotopic (exact) mass is 443 g/mol. The van der Waals surface area contributed by atoms with E-state index in [9.17, 15) is 0 Å².